The van der Waals surface area contributed by atoms with Gasteiger partial charge in [-0.05, 0) is 45.0 Å². The molecule has 0 saturated carbocycles. The Hall–Kier alpha value is -1.06. The Labute approximate surface area is 118 Å². The molecule has 108 valence electrons. The lowest BCUT2D eigenvalue weighted by Crippen LogP contribution is -2.42. The summed E-state index contributed by atoms with van der Waals surface area (Å²) in [5.74, 6) is 0.927. The normalized spacial score (nSPS) is 11.9. The van der Waals surface area contributed by atoms with Crippen LogP contribution in [0.15, 0.2) is 24.3 Å². The number of nitrogens with one attached hydrogen (secondary N) is 1. The number of hydrogen-bond donors (Lipinski definition) is 1. The molecular weight excluding hydrogens is 236 g/mol. The van der Waals surface area contributed by atoms with E-state index in [0.29, 0.717) is 0 Å². The van der Waals surface area contributed by atoms with Crippen molar-refractivity contribution in [2.75, 3.05) is 27.2 Å². The number of methoxy groups -OCH3 is 1. The maximum Gasteiger partial charge on any atom is 0.119 e. The van der Waals surface area contributed by atoms with Gasteiger partial charge in [-0.1, -0.05) is 19.1 Å². The van der Waals surface area contributed by atoms with Gasteiger partial charge in [-0.3, -0.25) is 0 Å². The average molecular weight is 264 g/mol. The zero-order chi connectivity index (χ0) is 14.3. The molecule has 1 aromatic carbocycles. The van der Waals surface area contributed by atoms with Gasteiger partial charge in [0.15, 0.2) is 0 Å². The predicted molar refractivity (Wildman–Crippen MR) is 81.7 cm³/mol. The Bertz CT molecular complexity index is 377. The molecule has 0 heterocycles. The predicted octanol–water partition coefficient (Wildman–Crippen LogP) is 2.91. The average Bonchev–Trinajstić information content (AvgIpc) is 2.38. The molecule has 3 nitrogen and oxygen atoms in total. The molecule has 0 fully saturated rings. The van der Waals surface area contributed by atoms with E-state index in [0.717, 1.165) is 31.8 Å². The first-order chi connectivity index (χ1) is 8.96. The topological polar surface area (TPSA) is 24.5 Å². The van der Waals surface area contributed by atoms with Crippen LogP contribution in [0.25, 0.3) is 0 Å². The summed E-state index contributed by atoms with van der Waals surface area (Å²) in [5.41, 5.74) is 1.52. The van der Waals surface area contributed by atoms with Crippen molar-refractivity contribution in [1.82, 2.24) is 10.2 Å². The van der Waals surface area contributed by atoms with Crippen molar-refractivity contribution < 1.29 is 4.74 Å². The van der Waals surface area contributed by atoms with Crippen molar-refractivity contribution in [3.8, 4) is 5.75 Å². The summed E-state index contributed by atoms with van der Waals surface area (Å²) in [6.07, 6.45) is 1.15. The smallest absolute Gasteiger partial charge is 0.119 e. The molecule has 19 heavy (non-hydrogen) atoms. The Balaban J connectivity index is 2.36. The van der Waals surface area contributed by atoms with Crippen molar-refractivity contribution in [3.63, 3.8) is 0 Å². The van der Waals surface area contributed by atoms with Crippen LogP contribution in [0.1, 0.15) is 32.8 Å². The summed E-state index contributed by atoms with van der Waals surface area (Å²) in [4.78, 5) is 2.33. The van der Waals surface area contributed by atoms with Crippen molar-refractivity contribution in [3.05, 3.63) is 29.8 Å². The van der Waals surface area contributed by atoms with E-state index >= 15 is 0 Å². The highest BCUT2D eigenvalue weighted by atomic mass is 16.5. The van der Waals surface area contributed by atoms with E-state index in [1.807, 2.05) is 12.1 Å². The summed E-state index contributed by atoms with van der Waals surface area (Å²) >= 11 is 0. The number of benzene rings is 1. The number of rotatable bonds is 8. The van der Waals surface area contributed by atoms with Gasteiger partial charge in [-0.15, -0.1) is 0 Å². The Morgan fingerprint density at radius 1 is 1.32 bits per heavy atom. The van der Waals surface area contributed by atoms with Crippen LogP contribution in [0.4, 0.5) is 0 Å². The van der Waals surface area contributed by atoms with Crippen molar-refractivity contribution in [1.29, 1.82) is 0 Å². The van der Waals surface area contributed by atoms with E-state index in [1.54, 1.807) is 7.11 Å². The van der Waals surface area contributed by atoms with Crippen molar-refractivity contribution >= 4 is 0 Å². The van der Waals surface area contributed by atoms with E-state index in [1.165, 1.54) is 5.56 Å². The summed E-state index contributed by atoms with van der Waals surface area (Å²) in [7, 11) is 3.86. The third kappa shape index (κ3) is 6.08. The number of likely N-dealkylation sites (N-methyl/N-ethyl adjacent to an activating group) is 1. The first-order valence-electron chi connectivity index (χ1n) is 7.03. The lowest BCUT2D eigenvalue weighted by atomic mass is 10.0. The maximum absolute atomic E-state index is 5.25. The standard InChI is InChI=1S/C16H28N2O/c1-6-16(2,3)17-10-11-18(4)13-14-8-7-9-15(12-14)19-5/h7-9,12,17H,6,10-11,13H2,1-5H3. The van der Waals surface area contributed by atoms with Gasteiger partial charge < -0.3 is 15.0 Å². The van der Waals surface area contributed by atoms with Crippen LogP contribution < -0.4 is 10.1 Å². The van der Waals surface area contributed by atoms with Gasteiger partial charge >= 0.3 is 0 Å². The van der Waals surface area contributed by atoms with Crippen LogP contribution in [0.2, 0.25) is 0 Å². The first-order valence-corrected chi connectivity index (χ1v) is 7.03. The third-order valence-corrected chi connectivity index (χ3v) is 3.57. The van der Waals surface area contributed by atoms with Gasteiger partial charge in [-0.25, -0.2) is 0 Å². The fourth-order valence-corrected chi connectivity index (χ4v) is 1.87. The molecule has 0 aromatic heterocycles. The summed E-state index contributed by atoms with van der Waals surface area (Å²) < 4.78 is 5.25. The van der Waals surface area contributed by atoms with Crippen LogP contribution >= 0.6 is 0 Å². The SMILES string of the molecule is CCC(C)(C)NCCN(C)Cc1cccc(OC)c1. The molecule has 0 aliphatic rings. The number of hydrogen-bond acceptors (Lipinski definition) is 3. The zero-order valence-electron chi connectivity index (χ0n) is 13.0. The molecule has 0 saturated heterocycles. The molecule has 0 amide bonds. The summed E-state index contributed by atoms with van der Waals surface area (Å²) in [5, 5.41) is 3.58. The molecule has 0 unspecified atom stereocenters. The lowest BCUT2D eigenvalue weighted by molar-refractivity contribution is 0.292. The van der Waals surface area contributed by atoms with Gasteiger partial charge in [-0.2, -0.15) is 0 Å². The second-order valence-electron chi connectivity index (χ2n) is 5.75. The second kappa shape index (κ2) is 7.51. The molecule has 0 radical (unpaired) electrons. The Morgan fingerprint density at radius 2 is 2.05 bits per heavy atom. The third-order valence-electron chi connectivity index (χ3n) is 3.57. The fraction of sp³-hybridized carbons (Fsp3) is 0.625. The molecule has 1 aromatic rings. The highest BCUT2D eigenvalue weighted by Crippen LogP contribution is 2.13. The fourth-order valence-electron chi connectivity index (χ4n) is 1.87. The van der Waals surface area contributed by atoms with Crippen molar-refractivity contribution in [2.24, 2.45) is 0 Å². The molecule has 3 heteroatoms. The molecule has 0 bridgehead atoms. The minimum Gasteiger partial charge on any atom is -0.497 e. The highest BCUT2D eigenvalue weighted by molar-refractivity contribution is 5.28. The summed E-state index contributed by atoms with van der Waals surface area (Å²) in [6.45, 7) is 9.71. The summed E-state index contributed by atoms with van der Waals surface area (Å²) in [6, 6.07) is 8.26. The van der Waals surface area contributed by atoms with E-state index in [-0.39, 0.29) is 5.54 Å². The van der Waals surface area contributed by atoms with Gasteiger partial charge in [0.05, 0.1) is 7.11 Å². The van der Waals surface area contributed by atoms with Gasteiger partial charge in [0.2, 0.25) is 0 Å². The number of nitrogens with zero attached hydrogens (tertiary/aromatic N) is 1. The minimum absolute atomic E-state index is 0.233. The monoisotopic (exact) mass is 264 g/mol. The quantitative estimate of drug-likeness (QED) is 0.781. The van der Waals surface area contributed by atoms with Gasteiger partial charge in [0, 0.05) is 25.2 Å². The lowest BCUT2D eigenvalue weighted by Gasteiger charge is -2.26. The van der Waals surface area contributed by atoms with Crippen LogP contribution in [-0.4, -0.2) is 37.7 Å². The van der Waals surface area contributed by atoms with Crippen LogP contribution in [-0.2, 0) is 6.54 Å². The maximum atomic E-state index is 5.25. The van der Waals surface area contributed by atoms with E-state index in [9.17, 15) is 0 Å². The molecule has 0 aliphatic carbocycles. The minimum atomic E-state index is 0.233. The van der Waals surface area contributed by atoms with Gasteiger partial charge in [0.25, 0.3) is 0 Å². The van der Waals surface area contributed by atoms with E-state index < -0.39 is 0 Å². The Morgan fingerprint density at radius 3 is 2.68 bits per heavy atom. The largest absolute Gasteiger partial charge is 0.497 e. The van der Waals surface area contributed by atoms with Crippen LogP contribution in [0.5, 0.6) is 5.75 Å². The van der Waals surface area contributed by atoms with Crippen LogP contribution in [0.3, 0.4) is 0 Å². The van der Waals surface area contributed by atoms with Gasteiger partial charge in [0.1, 0.15) is 5.75 Å². The molecule has 1 N–H and O–H groups in total. The Kier molecular flexibility index (Phi) is 6.32. The zero-order valence-corrected chi connectivity index (χ0v) is 13.0. The highest BCUT2D eigenvalue weighted by Gasteiger charge is 2.13. The molecule has 0 spiro atoms. The molecule has 0 atom stereocenters. The van der Waals surface area contributed by atoms with E-state index in [4.69, 9.17) is 4.74 Å². The van der Waals surface area contributed by atoms with Crippen LogP contribution in [0, 0.1) is 0 Å². The van der Waals surface area contributed by atoms with Crippen molar-refractivity contribution in [2.45, 2.75) is 39.3 Å². The van der Waals surface area contributed by atoms with E-state index in [2.05, 4.69) is 50.2 Å². The molecular formula is C16H28N2O. The second-order valence-corrected chi connectivity index (χ2v) is 5.75. The number of ether oxygens (including phenoxy) is 1. The molecule has 0 aliphatic heterocycles. The first kappa shape index (κ1) is 16.0. The molecule has 1 rings (SSSR count).